The van der Waals surface area contributed by atoms with Crippen LogP contribution in [0.2, 0.25) is 0 Å². The Balaban J connectivity index is 1.74. The molecule has 110 valence electrons. The van der Waals surface area contributed by atoms with Gasteiger partial charge in [0.05, 0.1) is 6.10 Å². The minimum absolute atomic E-state index is 0.180. The van der Waals surface area contributed by atoms with Crippen LogP contribution >= 0.6 is 0 Å². The minimum Gasteiger partial charge on any atom is -0.391 e. The minimum atomic E-state index is -0.375. The normalized spacial score (nSPS) is 32.4. The van der Waals surface area contributed by atoms with E-state index in [1.165, 1.54) is 32.1 Å². The molecule has 0 saturated heterocycles. The monoisotopic (exact) mass is 267 g/mol. The highest BCUT2D eigenvalue weighted by Crippen LogP contribution is 2.42. The van der Waals surface area contributed by atoms with Crippen LogP contribution < -0.4 is 5.32 Å². The number of amides is 1. The lowest BCUT2D eigenvalue weighted by Gasteiger charge is -2.38. The van der Waals surface area contributed by atoms with Crippen molar-refractivity contribution in [1.29, 1.82) is 0 Å². The van der Waals surface area contributed by atoms with E-state index in [1.54, 1.807) is 0 Å². The van der Waals surface area contributed by atoms with Crippen LogP contribution in [0.1, 0.15) is 64.7 Å². The second-order valence-corrected chi connectivity index (χ2v) is 6.50. The number of aliphatic hydroxyl groups excluding tert-OH is 1. The average molecular weight is 267 g/mol. The lowest BCUT2D eigenvalue weighted by molar-refractivity contribution is -0.127. The summed E-state index contributed by atoms with van der Waals surface area (Å²) in [6.07, 6.45) is 10.2. The Morgan fingerprint density at radius 2 is 1.95 bits per heavy atom. The molecule has 0 bridgehead atoms. The standard InChI is InChI=1S/C16H29NO2/c1-2-5-15(18)11-17-16(19)14-9-8-12-6-3-4-7-13(12)10-14/h12-15,18H,2-11H2,1H3,(H,17,19). The van der Waals surface area contributed by atoms with Crippen LogP contribution in [0, 0.1) is 17.8 Å². The molecule has 2 aliphatic rings. The maximum atomic E-state index is 12.2. The number of carbonyl (C=O) groups is 1. The summed E-state index contributed by atoms with van der Waals surface area (Å²) in [5.41, 5.74) is 0. The van der Waals surface area contributed by atoms with Gasteiger partial charge in [-0.15, -0.1) is 0 Å². The van der Waals surface area contributed by atoms with Crippen molar-refractivity contribution in [3.63, 3.8) is 0 Å². The van der Waals surface area contributed by atoms with Crippen LogP contribution in [0.4, 0.5) is 0 Å². The summed E-state index contributed by atoms with van der Waals surface area (Å²) in [6.45, 7) is 2.48. The van der Waals surface area contributed by atoms with Gasteiger partial charge >= 0.3 is 0 Å². The Morgan fingerprint density at radius 1 is 1.21 bits per heavy atom. The molecule has 0 aromatic carbocycles. The van der Waals surface area contributed by atoms with Gasteiger partial charge in [-0.25, -0.2) is 0 Å². The smallest absolute Gasteiger partial charge is 0.223 e. The third kappa shape index (κ3) is 4.20. The third-order valence-corrected chi connectivity index (χ3v) is 5.04. The van der Waals surface area contributed by atoms with Gasteiger partial charge in [-0.05, 0) is 37.5 Å². The molecule has 2 fully saturated rings. The largest absolute Gasteiger partial charge is 0.391 e. The van der Waals surface area contributed by atoms with Crippen molar-refractivity contribution in [1.82, 2.24) is 5.32 Å². The zero-order valence-corrected chi connectivity index (χ0v) is 12.2. The molecule has 19 heavy (non-hydrogen) atoms. The summed E-state index contributed by atoms with van der Waals surface area (Å²) in [5, 5.41) is 12.6. The van der Waals surface area contributed by atoms with Gasteiger partial charge in [0.2, 0.25) is 5.91 Å². The number of carbonyl (C=O) groups excluding carboxylic acids is 1. The predicted molar refractivity (Wildman–Crippen MR) is 76.7 cm³/mol. The fourth-order valence-corrected chi connectivity index (χ4v) is 3.91. The van der Waals surface area contributed by atoms with Crippen molar-refractivity contribution >= 4 is 5.91 Å². The van der Waals surface area contributed by atoms with Gasteiger partial charge in [-0.3, -0.25) is 4.79 Å². The highest BCUT2D eigenvalue weighted by atomic mass is 16.3. The number of hydrogen-bond acceptors (Lipinski definition) is 2. The van der Waals surface area contributed by atoms with E-state index in [-0.39, 0.29) is 17.9 Å². The molecule has 0 aromatic heterocycles. The first-order chi connectivity index (χ1) is 9.20. The molecule has 4 unspecified atom stereocenters. The summed E-state index contributed by atoms with van der Waals surface area (Å²) in [6, 6.07) is 0. The first kappa shape index (κ1) is 14.8. The van der Waals surface area contributed by atoms with Crippen LogP contribution in [0.3, 0.4) is 0 Å². The lowest BCUT2D eigenvalue weighted by Crippen LogP contribution is -2.40. The lowest BCUT2D eigenvalue weighted by atomic mass is 9.67. The highest BCUT2D eigenvalue weighted by molar-refractivity contribution is 5.78. The summed E-state index contributed by atoms with van der Waals surface area (Å²) >= 11 is 0. The number of fused-ring (bicyclic) bond motifs is 1. The first-order valence-corrected chi connectivity index (χ1v) is 8.16. The van der Waals surface area contributed by atoms with E-state index in [1.807, 2.05) is 0 Å². The molecular weight excluding hydrogens is 238 g/mol. The molecular formula is C16H29NO2. The van der Waals surface area contributed by atoms with E-state index in [0.717, 1.165) is 37.5 Å². The highest BCUT2D eigenvalue weighted by Gasteiger charge is 2.34. The van der Waals surface area contributed by atoms with Crippen molar-refractivity contribution < 1.29 is 9.90 Å². The predicted octanol–water partition coefficient (Wildman–Crippen LogP) is 2.87. The maximum Gasteiger partial charge on any atom is 0.223 e. The van der Waals surface area contributed by atoms with E-state index < -0.39 is 0 Å². The molecule has 2 aliphatic carbocycles. The van der Waals surface area contributed by atoms with Crippen molar-refractivity contribution in [2.75, 3.05) is 6.54 Å². The molecule has 2 N–H and O–H groups in total. The van der Waals surface area contributed by atoms with E-state index in [9.17, 15) is 9.90 Å². The third-order valence-electron chi connectivity index (χ3n) is 5.04. The second-order valence-electron chi connectivity index (χ2n) is 6.50. The topological polar surface area (TPSA) is 49.3 Å². The van der Waals surface area contributed by atoms with Crippen LogP contribution in [0.25, 0.3) is 0 Å². The Morgan fingerprint density at radius 3 is 2.68 bits per heavy atom. The van der Waals surface area contributed by atoms with E-state index in [2.05, 4.69) is 12.2 Å². The van der Waals surface area contributed by atoms with Gasteiger partial charge in [0.15, 0.2) is 0 Å². The van der Waals surface area contributed by atoms with Gasteiger partial charge in [-0.1, -0.05) is 39.0 Å². The number of hydrogen-bond donors (Lipinski definition) is 2. The first-order valence-electron chi connectivity index (χ1n) is 8.16. The zero-order valence-electron chi connectivity index (χ0n) is 12.2. The molecule has 3 heteroatoms. The van der Waals surface area contributed by atoms with E-state index >= 15 is 0 Å². The van der Waals surface area contributed by atoms with Crippen LogP contribution in [0.15, 0.2) is 0 Å². The molecule has 0 aliphatic heterocycles. The number of aliphatic hydroxyl groups is 1. The fraction of sp³-hybridized carbons (Fsp3) is 0.938. The maximum absolute atomic E-state index is 12.2. The molecule has 1 amide bonds. The Bertz CT molecular complexity index is 292. The zero-order chi connectivity index (χ0) is 13.7. The summed E-state index contributed by atoms with van der Waals surface area (Å²) in [7, 11) is 0. The van der Waals surface area contributed by atoms with Gasteiger partial charge in [-0.2, -0.15) is 0 Å². The molecule has 4 atom stereocenters. The van der Waals surface area contributed by atoms with Gasteiger partial charge < -0.3 is 10.4 Å². The summed E-state index contributed by atoms with van der Waals surface area (Å²) in [4.78, 5) is 12.2. The Kier molecular flexibility index (Phi) is 5.68. The second kappa shape index (κ2) is 7.28. The van der Waals surface area contributed by atoms with Crippen molar-refractivity contribution in [2.24, 2.45) is 17.8 Å². The van der Waals surface area contributed by atoms with Crippen molar-refractivity contribution in [3.8, 4) is 0 Å². The van der Waals surface area contributed by atoms with Crippen LogP contribution in [-0.4, -0.2) is 23.7 Å². The molecule has 2 saturated carbocycles. The molecule has 2 rings (SSSR count). The van der Waals surface area contributed by atoms with Gasteiger partial charge in [0.25, 0.3) is 0 Å². The molecule has 0 radical (unpaired) electrons. The molecule has 3 nitrogen and oxygen atoms in total. The number of rotatable bonds is 5. The summed E-state index contributed by atoms with van der Waals surface area (Å²) < 4.78 is 0. The van der Waals surface area contributed by atoms with E-state index in [0.29, 0.717) is 6.54 Å². The Labute approximate surface area is 117 Å². The van der Waals surface area contributed by atoms with Gasteiger partial charge in [0, 0.05) is 12.5 Å². The average Bonchev–Trinajstić information content (AvgIpc) is 2.44. The van der Waals surface area contributed by atoms with Crippen LogP contribution in [0.5, 0.6) is 0 Å². The van der Waals surface area contributed by atoms with Crippen LogP contribution in [-0.2, 0) is 4.79 Å². The Hall–Kier alpha value is -0.570. The van der Waals surface area contributed by atoms with E-state index in [4.69, 9.17) is 0 Å². The van der Waals surface area contributed by atoms with Crippen molar-refractivity contribution in [3.05, 3.63) is 0 Å². The summed E-state index contributed by atoms with van der Waals surface area (Å²) in [5.74, 6) is 2.06. The molecule has 0 aromatic rings. The quantitative estimate of drug-likeness (QED) is 0.804. The van der Waals surface area contributed by atoms with Gasteiger partial charge in [0.1, 0.15) is 0 Å². The SMILES string of the molecule is CCCC(O)CNC(=O)C1CCC2CCCCC2C1. The number of nitrogens with one attached hydrogen (secondary N) is 1. The molecule has 0 heterocycles. The molecule has 0 spiro atoms. The van der Waals surface area contributed by atoms with Crippen molar-refractivity contribution in [2.45, 2.75) is 70.8 Å². The fourth-order valence-electron chi connectivity index (χ4n) is 3.91.